The number of methoxy groups -OCH3 is 2. The highest BCUT2D eigenvalue weighted by atomic mass is 16.5. The van der Waals surface area contributed by atoms with E-state index >= 15 is 0 Å². The molecular weight excluding hydrogens is 420 g/mol. The number of aromatic nitrogens is 2. The second-order valence-corrected chi connectivity index (χ2v) is 8.40. The van der Waals surface area contributed by atoms with Crippen LogP contribution in [0.15, 0.2) is 47.0 Å². The number of hydrogen-bond donors (Lipinski definition) is 0. The summed E-state index contributed by atoms with van der Waals surface area (Å²) in [5.41, 5.74) is 3.14. The van der Waals surface area contributed by atoms with Crippen LogP contribution in [0.4, 0.5) is 5.69 Å². The molecule has 1 saturated heterocycles. The van der Waals surface area contributed by atoms with Gasteiger partial charge in [-0.1, -0.05) is 22.9 Å². The molecular formula is C25H30N4O4. The van der Waals surface area contributed by atoms with Gasteiger partial charge in [0.25, 0.3) is 0 Å². The molecule has 1 aromatic heterocycles. The minimum atomic E-state index is -0.0571. The number of carbonyl (C=O) groups excluding carboxylic acids is 1. The minimum absolute atomic E-state index is 0.0571. The first-order valence-electron chi connectivity index (χ1n) is 11.1. The van der Waals surface area contributed by atoms with E-state index in [9.17, 15) is 4.79 Å². The molecule has 174 valence electrons. The number of nitrogens with zero attached hydrogens (tertiary/aromatic N) is 4. The van der Waals surface area contributed by atoms with Crippen LogP contribution in [0.5, 0.6) is 11.5 Å². The lowest BCUT2D eigenvalue weighted by Gasteiger charge is -2.35. The first kappa shape index (κ1) is 22.6. The van der Waals surface area contributed by atoms with Crippen LogP contribution in [0.25, 0.3) is 11.4 Å². The van der Waals surface area contributed by atoms with Crippen molar-refractivity contribution in [3.8, 4) is 22.9 Å². The molecule has 0 unspecified atom stereocenters. The second kappa shape index (κ2) is 9.94. The van der Waals surface area contributed by atoms with Gasteiger partial charge in [0, 0.05) is 31.4 Å². The fraction of sp³-hybridized carbons (Fsp3) is 0.400. The van der Waals surface area contributed by atoms with Crippen molar-refractivity contribution in [1.29, 1.82) is 0 Å². The van der Waals surface area contributed by atoms with E-state index < -0.39 is 0 Å². The predicted octanol–water partition coefficient (Wildman–Crippen LogP) is 3.94. The average Bonchev–Trinajstić information content (AvgIpc) is 3.32. The van der Waals surface area contributed by atoms with E-state index in [0.717, 1.165) is 30.6 Å². The monoisotopic (exact) mass is 450 g/mol. The highest BCUT2D eigenvalue weighted by Crippen LogP contribution is 2.31. The molecule has 0 spiro atoms. The van der Waals surface area contributed by atoms with E-state index in [1.165, 1.54) is 5.56 Å². The molecule has 4 rings (SSSR count). The summed E-state index contributed by atoms with van der Waals surface area (Å²) in [6.45, 7) is 4.03. The Morgan fingerprint density at radius 2 is 1.91 bits per heavy atom. The van der Waals surface area contributed by atoms with Crippen LogP contribution >= 0.6 is 0 Å². The van der Waals surface area contributed by atoms with Crippen molar-refractivity contribution in [2.75, 3.05) is 39.3 Å². The lowest BCUT2D eigenvalue weighted by molar-refractivity contribution is -0.135. The maximum absolute atomic E-state index is 13.1. The number of aryl methyl sites for hydroxylation is 1. The summed E-state index contributed by atoms with van der Waals surface area (Å²) in [6, 6.07) is 13.9. The van der Waals surface area contributed by atoms with Crippen molar-refractivity contribution in [1.82, 2.24) is 15.0 Å². The van der Waals surface area contributed by atoms with E-state index in [1.54, 1.807) is 38.3 Å². The smallest absolute Gasteiger partial charge is 0.246 e. The first-order chi connectivity index (χ1) is 16.0. The largest absolute Gasteiger partial charge is 0.493 e. The third-order valence-electron chi connectivity index (χ3n) is 6.03. The number of carbonyl (C=O) groups is 1. The summed E-state index contributed by atoms with van der Waals surface area (Å²) in [7, 11) is 4.95. The minimum Gasteiger partial charge on any atom is -0.493 e. The summed E-state index contributed by atoms with van der Waals surface area (Å²) in [6.07, 6.45) is 1.87. The summed E-state index contributed by atoms with van der Waals surface area (Å²) in [4.78, 5) is 21.6. The normalized spacial score (nSPS) is 15.9. The summed E-state index contributed by atoms with van der Waals surface area (Å²) in [5.74, 6) is 2.08. The quantitative estimate of drug-likeness (QED) is 0.539. The zero-order chi connectivity index (χ0) is 23.4. The summed E-state index contributed by atoms with van der Waals surface area (Å²) < 4.78 is 16.0. The first-order valence-corrected chi connectivity index (χ1v) is 11.1. The zero-order valence-electron chi connectivity index (χ0n) is 19.6. The van der Waals surface area contributed by atoms with Gasteiger partial charge in [-0.25, -0.2) is 0 Å². The molecule has 0 N–H and O–H groups in total. The van der Waals surface area contributed by atoms with Crippen molar-refractivity contribution < 1.29 is 18.8 Å². The molecule has 0 bridgehead atoms. The summed E-state index contributed by atoms with van der Waals surface area (Å²) >= 11 is 0. The van der Waals surface area contributed by atoms with Gasteiger partial charge >= 0.3 is 0 Å². The van der Waals surface area contributed by atoms with Crippen molar-refractivity contribution >= 4 is 11.6 Å². The van der Waals surface area contributed by atoms with Gasteiger partial charge in [0.1, 0.15) is 0 Å². The number of ether oxygens (including phenoxy) is 2. The third-order valence-corrected chi connectivity index (χ3v) is 6.03. The van der Waals surface area contributed by atoms with E-state index in [0.29, 0.717) is 29.8 Å². The van der Waals surface area contributed by atoms with Gasteiger partial charge < -0.3 is 23.8 Å². The Hall–Kier alpha value is -3.55. The number of benzene rings is 2. The van der Waals surface area contributed by atoms with Crippen LogP contribution < -0.4 is 14.4 Å². The molecule has 1 aliphatic heterocycles. The fourth-order valence-electron chi connectivity index (χ4n) is 4.17. The Bertz CT molecular complexity index is 1100. The molecule has 3 aromatic rings. The Labute approximate surface area is 194 Å². The second-order valence-electron chi connectivity index (χ2n) is 8.40. The fourth-order valence-corrected chi connectivity index (χ4v) is 4.17. The van der Waals surface area contributed by atoms with E-state index in [2.05, 4.69) is 46.2 Å². The number of anilines is 1. The van der Waals surface area contributed by atoms with Crippen LogP contribution in [-0.4, -0.2) is 55.3 Å². The molecule has 0 saturated carbocycles. The van der Waals surface area contributed by atoms with Crippen LogP contribution in [0, 0.1) is 12.8 Å². The predicted molar refractivity (Wildman–Crippen MR) is 125 cm³/mol. The Morgan fingerprint density at radius 1 is 1.15 bits per heavy atom. The van der Waals surface area contributed by atoms with Gasteiger partial charge in [-0.3, -0.25) is 4.79 Å². The maximum atomic E-state index is 13.1. The van der Waals surface area contributed by atoms with Crippen molar-refractivity contribution in [3.63, 3.8) is 0 Å². The average molecular weight is 451 g/mol. The maximum Gasteiger partial charge on any atom is 0.246 e. The van der Waals surface area contributed by atoms with Gasteiger partial charge in [0.05, 0.1) is 26.7 Å². The molecule has 2 aromatic carbocycles. The van der Waals surface area contributed by atoms with E-state index in [1.807, 2.05) is 6.07 Å². The molecule has 33 heavy (non-hydrogen) atoms. The Morgan fingerprint density at radius 3 is 2.64 bits per heavy atom. The van der Waals surface area contributed by atoms with Crippen LogP contribution in [0.2, 0.25) is 0 Å². The zero-order valence-corrected chi connectivity index (χ0v) is 19.6. The standard InChI is InChI=1S/C25H30N4O4/c1-17-7-10-20(11-8-17)29-13-5-6-19(15-29)25(30)28(2)16-23-26-24(27-33-23)18-9-12-21(31-3)22(14-18)32-4/h7-12,14,19H,5-6,13,15-16H2,1-4H3/t19-/m1/s1. The van der Waals surface area contributed by atoms with Crippen molar-refractivity contribution in [3.05, 3.63) is 53.9 Å². The lowest BCUT2D eigenvalue weighted by atomic mass is 9.96. The molecule has 0 aliphatic carbocycles. The van der Waals surface area contributed by atoms with Gasteiger partial charge in [-0.15, -0.1) is 0 Å². The highest BCUT2D eigenvalue weighted by molar-refractivity contribution is 5.79. The topological polar surface area (TPSA) is 80.9 Å². The van der Waals surface area contributed by atoms with Gasteiger partial charge in [-0.2, -0.15) is 4.98 Å². The molecule has 8 heteroatoms. The molecule has 8 nitrogen and oxygen atoms in total. The van der Waals surface area contributed by atoms with Crippen molar-refractivity contribution in [2.24, 2.45) is 5.92 Å². The number of amides is 1. The third kappa shape index (κ3) is 5.10. The SMILES string of the molecule is COc1ccc(-c2noc(CN(C)C(=O)[C@@H]3CCCN(c4ccc(C)cc4)C3)n2)cc1OC. The Kier molecular flexibility index (Phi) is 6.82. The molecule has 1 aliphatic rings. The van der Waals surface area contributed by atoms with Crippen LogP contribution in [-0.2, 0) is 11.3 Å². The van der Waals surface area contributed by atoms with E-state index in [4.69, 9.17) is 14.0 Å². The van der Waals surface area contributed by atoms with Gasteiger partial charge in [0.2, 0.25) is 17.6 Å². The van der Waals surface area contributed by atoms with Crippen LogP contribution in [0.3, 0.4) is 0 Å². The highest BCUT2D eigenvalue weighted by Gasteiger charge is 2.29. The number of rotatable bonds is 7. The lowest BCUT2D eigenvalue weighted by Crippen LogP contribution is -2.43. The number of piperidine rings is 1. The van der Waals surface area contributed by atoms with Gasteiger partial charge in [-0.05, 0) is 50.1 Å². The van der Waals surface area contributed by atoms with Gasteiger partial charge in [0.15, 0.2) is 11.5 Å². The Balaban J connectivity index is 1.40. The number of hydrogen-bond acceptors (Lipinski definition) is 7. The van der Waals surface area contributed by atoms with Crippen LogP contribution in [0.1, 0.15) is 24.3 Å². The molecule has 1 atom stereocenters. The molecule has 1 fully saturated rings. The van der Waals surface area contributed by atoms with E-state index in [-0.39, 0.29) is 18.4 Å². The molecule has 0 radical (unpaired) electrons. The van der Waals surface area contributed by atoms with Crippen molar-refractivity contribution in [2.45, 2.75) is 26.3 Å². The molecule has 2 heterocycles. The summed E-state index contributed by atoms with van der Waals surface area (Å²) in [5, 5.41) is 4.07. The molecule has 1 amide bonds.